The molecule has 184 valence electrons. The van der Waals surface area contributed by atoms with Crippen LogP contribution in [0.2, 0.25) is 0 Å². The van der Waals surface area contributed by atoms with Gasteiger partial charge in [0.15, 0.2) is 5.82 Å². The largest absolute Gasteiger partial charge is 0.496 e. The number of H-pyrrole nitrogens is 1. The van der Waals surface area contributed by atoms with Crippen LogP contribution < -0.4 is 14.8 Å². The smallest absolute Gasteiger partial charge is 0.183 e. The second-order valence-electron chi connectivity index (χ2n) is 8.06. The SMILES string of the molecule is CCOc1cc(-c2cc(NCCn3c(C)cc4c(OC)ccc(F)c43)ncn2)ccc1-c1nnn[nH]1. The van der Waals surface area contributed by atoms with Crippen molar-refractivity contribution in [2.45, 2.75) is 20.4 Å². The molecule has 3 aromatic heterocycles. The first-order valence-corrected chi connectivity index (χ1v) is 11.5. The van der Waals surface area contributed by atoms with Gasteiger partial charge in [0.25, 0.3) is 0 Å². The Morgan fingerprint density at radius 3 is 2.75 bits per heavy atom. The molecule has 5 aromatic rings. The number of benzene rings is 2. The summed E-state index contributed by atoms with van der Waals surface area (Å²) in [4.78, 5) is 8.77. The molecular formula is C25H25FN8O2. The first kappa shape index (κ1) is 23.2. The topological polar surface area (TPSA) is 116 Å². The molecule has 0 unspecified atom stereocenters. The van der Waals surface area contributed by atoms with Gasteiger partial charge in [-0.25, -0.2) is 19.5 Å². The summed E-state index contributed by atoms with van der Waals surface area (Å²) in [6.07, 6.45) is 1.51. The summed E-state index contributed by atoms with van der Waals surface area (Å²) in [5.41, 5.74) is 3.83. The number of hydrogen-bond donors (Lipinski definition) is 2. The van der Waals surface area contributed by atoms with Crippen molar-refractivity contribution in [3.63, 3.8) is 0 Å². The van der Waals surface area contributed by atoms with Crippen LogP contribution in [0.4, 0.5) is 10.2 Å². The van der Waals surface area contributed by atoms with Crippen molar-refractivity contribution in [1.82, 2.24) is 35.2 Å². The molecule has 0 aliphatic rings. The molecule has 0 bridgehead atoms. The Bertz CT molecular complexity index is 1500. The van der Waals surface area contributed by atoms with Gasteiger partial charge in [-0.3, -0.25) is 0 Å². The van der Waals surface area contributed by atoms with Crippen LogP contribution in [0.25, 0.3) is 33.5 Å². The monoisotopic (exact) mass is 488 g/mol. The summed E-state index contributed by atoms with van der Waals surface area (Å²) in [6.45, 7) is 5.45. The second-order valence-corrected chi connectivity index (χ2v) is 8.06. The van der Waals surface area contributed by atoms with Gasteiger partial charge >= 0.3 is 0 Å². The van der Waals surface area contributed by atoms with Crippen LogP contribution in [-0.2, 0) is 6.54 Å². The van der Waals surface area contributed by atoms with E-state index in [0.717, 1.165) is 27.9 Å². The van der Waals surface area contributed by atoms with E-state index in [2.05, 4.69) is 35.9 Å². The third kappa shape index (κ3) is 4.42. The summed E-state index contributed by atoms with van der Waals surface area (Å²) in [5, 5.41) is 18.1. The van der Waals surface area contributed by atoms with Gasteiger partial charge in [-0.2, -0.15) is 0 Å². The number of halogens is 1. The highest BCUT2D eigenvalue weighted by molar-refractivity contribution is 5.88. The first-order valence-electron chi connectivity index (χ1n) is 11.5. The molecular weight excluding hydrogens is 463 g/mol. The number of hydrogen-bond acceptors (Lipinski definition) is 8. The number of ether oxygens (including phenoxy) is 2. The van der Waals surface area contributed by atoms with E-state index in [1.807, 2.05) is 48.7 Å². The lowest BCUT2D eigenvalue weighted by Crippen LogP contribution is -2.13. The van der Waals surface area contributed by atoms with Gasteiger partial charge in [0.2, 0.25) is 0 Å². The minimum Gasteiger partial charge on any atom is -0.496 e. The summed E-state index contributed by atoms with van der Waals surface area (Å²) >= 11 is 0. The molecule has 0 saturated heterocycles. The maximum Gasteiger partial charge on any atom is 0.183 e. The molecule has 0 saturated carbocycles. The molecule has 3 heterocycles. The zero-order valence-electron chi connectivity index (χ0n) is 20.1. The van der Waals surface area contributed by atoms with E-state index >= 15 is 0 Å². The van der Waals surface area contributed by atoms with Crippen molar-refractivity contribution < 1.29 is 13.9 Å². The van der Waals surface area contributed by atoms with E-state index < -0.39 is 0 Å². The quantitative estimate of drug-likeness (QED) is 0.316. The van der Waals surface area contributed by atoms with Crippen molar-refractivity contribution in [3.8, 4) is 34.1 Å². The second kappa shape index (κ2) is 9.98. The van der Waals surface area contributed by atoms with Gasteiger partial charge in [0.05, 0.1) is 30.5 Å². The molecule has 10 nitrogen and oxygen atoms in total. The van der Waals surface area contributed by atoms with E-state index in [-0.39, 0.29) is 5.82 Å². The number of tetrazole rings is 1. The van der Waals surface area contributed by atoms with Crippen LogP contribution in [0.3, 0.4) is 0 Å². The average molecular weight is 489 g/mol. The van der Waals surface area contributed by atoms with Crippen LogP contribution in [0.1, 0.15) is 12.6 Å². The van der Waals surface area contributed by atoms with Crippen LogP contribution in [0.15, 0.2) is 48.8 Å². The highest BCUT2D eigenvalue weighted by Crippen LogP contribution is 2.33. The van der Waals surface area contributed by atoms with Gasteiger partial charge in [-0.1, -0.05) is 6.07 Å². The maximum atomic E-state index is 14.6. The van der Waals surface area contributed by atoms with E-state index in [0.29, 0.717) is 48.4 Å². The highest BCUT2D eigenvalue weighted by Gasteiger charge is 2.15. The van der Waals surface area contributed by atoms with E-state index in [4.69, 9.17) is 9.47 Å². The van der Waals surface area contributed by atoms with Gasteiger partial charge < -0.3 is 19.4 Å². The third-order valence-electron chi connectivity index (χ3n) is 5.88. The summed E-state index contributed by atoms with van der Waals surface area (Å²) in [6, 6.07) is 12.6. The molecule has 0 radical (unpaired) electrons. The Hall–Kier alpha value is -4.54. The number of methoxy groups -OCH3 is 1. The fourth-order valence-electron chi connectivity index (χ4n) is 4.24. The fraction of sp³-hybridized carbons (Fsp3) is 0.240. The molecule has 36 heavy (non-hydrogen) atoms. The fourth-order valence-corrected chi connectivity index (χ4v) is 4.24. The number of nitrogens with one attached hydrogen (secondary N) is 2. The minimum atomic E-state index is -0.280. The zero-order chi connectivity index (χ0) is 25.1. The number of rotatable bonds is 9. The molecule has 0 fully saturated rings. The maximum absolute atomic E-state index is 14.6. The predicted octanol–water partition coefficient (Wildman–Crippen LogP) is 4.25. The Labute approximate surface area is 206 Å². The lowest BCUT2D eigenvalue weighted by molar-refractivity contribution is 0.341. The number of anilines is 1. The van der Waals surface area contributed by atoms with Crippen molar-refractivity contribution in [2.75, 3.05) is 25.6 Å². The van der Waals surface area contributed by atoms with E-state index in [1.165, 1.54) is 12.4 Å². The average Bonchev–Trinajstić information content (AvgIpc) is 3.54. The first-order chi connectivity index (χ1) is 17.6. The molecule has 2 aromatic carbocycles. The molecule has 5 rings (SSSR count). The van der Waals surface area contributed by atoms with Crippen LogP contribution in [0.5, 0.6) is 11.5 Å². The van der Waals surface area contributed by atoms with Crippen LogP contribution >= 0.6 is 0 Å². The number of aromatic nitrogens is 7. The summed E-state index contributed by atoms with van der Waals surface area (Å²) in [5.74, 6) is 2.20. The van der Waals surface area contributed by atoms with E-state index in [1.54, 1.807) is 13.2 Å². The van der Waals surface area contributed by atoms with Crippen molar-refractivity contribution in [3.05, 3.63) is 60.3 Å². The van der Waals surface area contributed by atoms with Gasteiger partial charge in [-0.05, 0) is 54.6 Å². The number of fused-ring (bicyclic) bond motifs is 1. The van der Waals surface area contributed by atoms with Crippen LogP contribution in [-0.4, -0.2) is 55.4 Å². The lowest BCUT2D eigenvalue weighted by atomic mass is 10.1. The zero-order valence-corrected chi connectivity index (χ0v) is 20.1. The number of aryl methyl sites for hydroxylation is 1. The Morgan fingerprint density at radius 1 is 1.08 bits per heavy atom. The van der Waals surface area contributed by atoms with E-state index in [9.17, 15) is 4.39 Å². The van der Waals surface area contributed by atoms with Crippen LogP contribution in [0, 0.1) is 12.7 Å². The molecule has 0 aliphatic carbocycles. The van der Waals surface area contributed by atoms with Crippen molar-refractivity contribution in [2.24, 2.45) is 0 Å². The Balaban J connectivity index is 1.35. The summed E-state index contributed by atoms with van der Waals surface area (Å²) in [7, 11) is 1.59. The van der Waals surface area contributed by atoms with Gasteiger partial charge in [0.1, 0.15) is 29.5 Å². The Kier molecular flexibility index (Phi) is 6.44. The highest BCUT2D eigenvalue weighted by atomic mass is 19.1. The standard InChI is InChI=1S/C25H25FN8O2/c1-4-36-22-12-16(5-6-17(22)25-30-32-33-31-25)20-13-23(29-14-28-20)27-9-10-34-15(2)11-18-21(35-3)8-7-19(26)24(18)34/h5-8,11-14H,4,9-10H2,1-3H3,(H,27,28,29)(H,30,31,32,33). The van der Waals surface area contributed by atoms with Gasteiger partial charge in [0, 0.05) is 35.8 Å². The summed E-state index contributed by atoms with van der Waals surface area (Å²) < 4.78 is 27.8. The van der Waals surface area contributed by atoms with Crippen molar-refractivity contribution >= 4 is 16.7 Å². The molecule has 0 atom stereocenters. The normalized spacial score (nSPS) is 11.1. The van der Waals surface area contributed by atoms with Gasteiger partial charge in [-0.15, -0.1) is 5.10 Å². The van der Waals surface area contributed by atoms with Crippen molar-refractivity contribution in [1.29, 1.82) is 0 Å². The minimum absolute atomic E-state index is 0.280. The molecule has 0 spiro atoms. The number of nitrogens with zero attached hydrogens (tertiary/aromatic N) is 6. The molecule has 0 aliphatic heterocycles. The third-order valence-corrected chi connectivity index (χ3v) is 5.88. The number of aromatic amines is 1. The molecule has 2 N–H and O–H groups in total. The lowest BCUT2D eigenvalue weighted by Gasteiger charge is -2.12. The molecule has 0 amide bonds. The molecule has 11 heteroatoms. The Morgan fingerprint density at radius 2 is 1.97 bits per heavy atom. The predicted molar refractivity (Wildman–Crippen MR) is 133 cm³/mol.